The van der Waals surface area contributed by atoms with Crippen LogP contribution in [0.1, 0.15) is 30.9 Å². The van der Waals surface area contributed by atoms with Crippen LogP contribution in [0, 0.1) is 0 Å². The van der Waals surface area contributed by atoms with Crippen LogP contribution in [0.4, 0.5) is 0 Å². The van der Waals surface area contributed by atoms with Crippen molar-refractivity contribution in [1.82, 2.24) is 4.90 Å². The average Bonchev–Trinajstić information content (AvgIpc) is 2.54. The lowest BCUT2D eigenvalue weighted by Gasteiger charge is -2.29. The van der Waals surface area contributed by atoms with Gasteiger partial charge in [-0.3, -0.25) is 4.90 Å². The van der Waals surface area contributed by atoms with Gasteiger partial charge >= 0.3 is 0 Å². The summed E-state index contributed by atoms with van der Waals surface area (Å²) in [5.74, 6) is 0. The summed E-state index contributed by atoms with van der Waals surface area (Å²) in [6.07, 6.45) is 4.24. The summed E-state index contributed by atoms with van der Waals surface area (Å²) < 4.78 is 0. The lowest BCUT2D eigenvalue weighted by atomic mass is 10.1. The van der Waals surface area contributed by atoms with Crippen LogP contribution in [0.15, 0.2) is 73.3 Å². The molecule has 0 aliphatic rings. The Hall–Kier alpha value is -1.86. The minimum absolute atomic E-state index is 0.545. The molecule has 1 atom stereocenters. The van der Waals surface area contributed by atoms with Crippen molar-refractivity contribution in [3.05, 3.63) is 84.4 Å². The molecule has 2 aromatic carbocycles. The number of nitrogens with zero attached hydrogens (tertiary/aromatic N) is 1. The van der Waals surface area contributed by atoms with Crippen molar-refractivity contribution in [3.8, 4) is 0 Å². The van der Waals surface area contributed by atoms with E-state index >= 15 is 0 Å². The van der Waals surface area contributed by atoms with E-state index in [2.05, 4.69) is 79.1 Å². The highest BCUT2D eigenvalue weighted by Gasteiger charge is 2.14. The summed E-state index contributed by atoms with van der Waals surface area (Å²) in [5.41, 5.74) is 2.75. The molecule has 0 heterocycles. The van der Waals surface area contributed by atoms with Gasteiger partial charge in [0, 0.05) is 19.1 Å². The highest BCUT2D eigenvalue weighted by atomic mass is 15.1. The number of rotatable bonds is 8. The van der Waals surface area contributed by atoms with E-state index in [0.717, 1.165) is 25.9 Å². The predicted octanol–water partition coefficient (Wildman–Crippen LogP) is 5.04. The van der Waals surface area contributed by atoms with Crippen molar-refractivity contribution in [2.75, 3.05) is 0 Å². The third-order valence-corrected chi connectivity index (χ3v) is 3.87. The van der Waals surface area contributed by atoms with Crippen molar-refractivity contribution in [2.45, 2.75) is 38.9 Å². The molecule has 0 aliphatic carbocycles. The molecule has 2 aromatic rings. The number of benzene rings is 2. The van der Waals surface area contributed by atoms with Gasteiger partial charge in [-0.05, 0) is 30.9 Å². The Kier molecular flexibility index (Phi) is 6.23. The molecule has 2 rings (SSSR count). The highest BCUT2D eigenvalue weighted by molar-refractivity contribution is 5.17. The van der Waals surface area contributed by atoms with Crippen molar-refractivity contribution in [1.29, 1.82) is 0 Å². The van der Waals surface area contributed by atoms with Gasteiger partial charge in [-0.15, -0.1) is 6.58 Å². The minimum atomic E-state index is 0.545. The van der Waals surface area contributed by atoms with E-state index in [1.54, 1.807) is 0 Å². The second kappa shape index (κ2) is 8.43. The molecule has 0 N–H and O–H groups in total. The van der Waals surface area contributed by atoms with E-state index in [1.165, 1.54) is 11.1 Å². The van der Waals surface area contributed by atoms with E-state index < -0.39 is 0 Å². The first-order valence-electron chi connectivity index (χ1n) is 7.72. The minimum Gasteiger partial charge on any atom is -0.292 e. The van der Waals surface area contributed by atoms with Gasteiger partial charge in [0.05, 0.1) is 0 Å². The normalized spacial score (nSPS) is 12.3. The summed E-state index contributed by atoms with van der Waals surface area (Å²) >= 11 is 0. The van der Waals surface area contributed by atoms with Crippen LogP contribution in [0.2, 0.25) is 0 Å². The molecule has 1 heteroatoms. The molecule has 1 nitrogen and oxygen atoms in total. The van der Waals surface area contributed by atoms with Gasteiger partial charge < -0.3 is 0 Å². The molecule has 0 saturated carbocycles. The Morgan fingerprint density at radius 3 is 1.81 bits per heavy atom. The lowest BCUT2D eigenvalue weighted by Crippen LogP contribution is -2.32. The number of hydrogen-bond acceptors (Lipinski definition) is 1. The largest absolute Gasteiger partial charge is 0.292 e. The molecule has 0 radical (unpaired) electrons. The quantitative estimate of drug-likeness (QED) is 0.612. The van der Waals surface area contributed by atoms with Crippen molar-refractivity contribution < 1.29 is 0 Å². The zero-order chi connectivity index (χ0) is 14.9. The van der Waals surface area contributed by atoms with Gasteiger partial charge in [0.25, 0.3) is 0 Å². The summed E-state index contributed by atoms with van der Waals surface area (Å²) in [5, 5.41) is 0. The summed E-state index contributed by atoms with van der Waals surface area (Å²) in [6, 6.07) is 22.0. The van der Waals surface area contributed by atoms with Gasteiger partial charge in [0.15, 0.2) is 0 Å². The average molecular weight is 279 g/mol. The SMILES string of the molecule is C=CCC[C@H](C)N(Cc1ccccc1)Cc1ccccc1. The maximum atomic E-state index is 3.84. The fourth-order valence-corrected chi connectivity index (χ4v) is 2.55. The first-order chi connectivity index (χ1) is 10.3. The zero-order valence-electron chi connectivity index (χ0n) is 12.9. The third kappa shape index (κ3) is 5.20. The van der Waals surface area contributed by atoms with Gasteiger partial charge in [-0.25, -0.2) is 0 Å². The second-order valence-corrected chi connectivity index (χ2v) is 5.59. The number of hydrogen-bond donors (Lipinski definition) is 0. The summed E-state index contributed by atoms with van der Waals surface area (Å²) in [6.45, 7) is 8.14. The van der Waals surface area contributed by atoms with Crippen LogP contribution in [-0.2, 0) is 13.1 Å². The van der Waals surface area contributed by atoms with Crippen LogP contribution in [-0.4, -0.2) is 10.9 Å². The zero-order valence-corrected chi connectivity index (χ0v) is 12.9. The molecule has 0 saturated heterocycles. The second-order valence-electron chi connectivity index (χ2n) is 5.59. The molecular weight excluding hydrogens is 254 g/mol. The maximum absolute atomic E-state index is 3.84. The van der Waals surface area contributed by atoms with E-state index in [9.17, 15) is 0 Å². The standard InChI is InChI=1S/C20H25N/c1-3-4-11-18(2)21(16-19-12-7-5-8-13-19)17-20-14-9-6-10-15-20/h3,5-10,12-15,18H,1,4,11,16-17H2,2H3/t18-/m0/s1. The van der Waals surface area contributed by atoms with Crippen LogP contribution < -0.4 is 0 Å². The maximum Gasteiger partial charge on any atom is 0.0240 e. The topological polar surface area (TPSA) is 3.24 Å². The van der Waals surface area contributed by atoms with Gasteiger partial charge in [-0.1, -0.05) is 66.7 Å². The van der Waals surface area contributed by atoms with Crippen molar-refractivity contribution >= 4 is 0 Å². The monoisotopic (exact) mass is 279 g/mol. The predicted molar refractivity (Wildman–Crippen MR) is 91.0 cm³/mol. The first-order valence-corrected chi connectivity index (χ1v) is 7.72. The smallest absolute Gasteiger partial charge is 0.0240 e. The molecule has 0 aliphatic heterocycles. The third-order valence-electron chi connectivity index (χ3n) is 3.87. The molecule has 0 amide bonds. The molecular formula is C20H25N. The Bertz CT molecular complexity index is 477. The molecule has 0 aromatic heterocycles. The molecule has 110 valence electrons. The van der Waals surface area contributed by atoms with Crippen LogP contribution in [0.3, 0.4) is 0 Å². The fraction of sp³-hybridized carbons (Fsp3) is 0.300. The van der Waals surface area contributed by atoms with E-state index in [-0.39, 0.29) is 0 Å². The Morgan fingerprint density at radius 1 is 0.905 bits per heavy atom. The fourth-order valence-electron chi connectivity index (χ4n) is 2.55. The van der Waals surface area contributed by atoms with E-state index in [0.29, 0.717) is 6.04 Å². The summed E-state index contributed by atoms with van der Waals surface area (Å²) in [4.78, 5) is 2.55. The van der Waals surface area contributed by atoms with Crippen molar-refractivity contribution in [3.63, 3.8) is 0 Å². The van der Waals surface area contributed by atoms with Crippen LogP contribution in [0.5, 0.6) is 0 Å². The van der Waals surface area contributed by atoms with E-state index in [4.69, 9.17) is 0 Å². The Balaban J connectivity index is 2.07. The lowest BCUT2D eigenvalue weighted by molar-refractivity contribution is 0.182. The molecule has 21 heavy (non-hydrogen) atoms. The van der Waals surface area contributed by atoms with Crippen LogP contribution >= 0.6 is 0 Å². The van der Waals surface area contributed by atoms with Gasteiger partial charge in [0.1, 0.15) is 0 Å². The number of allylic oxidation sites excluding steroid dienone is 1. The molecule has 0 fully saturated rings. The first kappa shape index (κ1) is 15.5. The van der Waals surface area contributed by atoms with Gasteiger partial charge in [0.2, 0.25) is 0 Å². The molecule has 0 spiro atoms. The molecule has 0 bridgehead atoms. The molecule has 0 unspecified atom stereocenters. The van der Waals surface area contributed by atoms with Crippen molar-refractivity contribution in [2.24, 2.45) is 0 Å². The van der Waals surface area contributed by atoms with Crippen LogP contribution in [0.25, 0.3) is 0 Å². The van der Waals surface area contributed by atoms with E-state index in [1.807, 2.05) is 6.08 Å². The Labute approximate surface area is 128 Å². The Morgan fingerprint density at radius 2 is 1.38 bits per heavy atom. The highest BCUT2D eigenvalue weighted by Crippen LogP contribution is 2.16. The summed E-state index contributed by atoms with van der Waals surface area (Å²) in [7, 11) is 0. The van der Waals surface area contributed by atoms with Gasteiger partial charge in [-0.2, -0.15) is 0 Å².